The first-order chi connectivity index (χ1) is 13.4. The summed E-state index contributed by atoms with van der Waals surface area (Å²) in [4.78, 5) is 8.07. The van der Waals surface area contributed by atoms with Gasteiger partial charge in [-0.05, 0) is 102 Å². The molecule has 2 atom stereocenters. The maximum absolute atomic E-state index is 2.80. The number of hydrogen-bond donors (Lipinski definition) is 0. The molecule has 2 unspecified atom stereocenters. The summed E-state index contributed by atoms with van der Waals surface area (Å²) in [5, 5.41) is 0. The summed E-state index contributed by atoms with van der Waals surface area (Å²) in [6.45, 7) is 17.7. The van der Waals surface area contributed by atoms with Crippen LogP contribution in [0.4, 0.5) is 0 Å². The topological polar surface area (TPSA) is 9.72 Å². The van der Waals surface area contributed by atoms with Crippen LogP contribution in [0.5, 0.6) is 0 Å². The third kappa shape index (κ3) is 6.19. The van der Waals surface area contributed by atoms with Gasteiger partial charge in [0, 0.05) is 38.3 Å². The molecule has 0 spiro atoms. The second kappa shape index (κ2) is 10.8. The molecule has 0 amide bonds. The molecule has 0 aromatic heterocycles. The van der Waals surface area contributed by atoms with E-state index in [1.54, 1.807) is 0 Å². The van der Waals surface area contributed by atoms with Gasteiger partial charge in [0.15, 0.2) is 0 Å². The summed E-state index contributed by atoms with van der Waals surface area (Å²) in [7, 11) is 2.27. The molecule has 1 aliphatic carbocycles. The summed E-state index contributed by atoms with van der Waals surface area (Å²) in [6.07, 6.45) is 11.6. The standard InChI is InChI=1S/C25H49N3/c1-20(2)23-12-14-27(15-13-23)22(4)7-6-21(3)24-8-10-25(11-9-24)28-18-16-26(5)17-19-28/h20-25H,6-19H2,1-5H3. The Morgan fingerprint density at radius 1 is 0.679 bits per heavy atom. The smallest absolute Gasteiger partial charge is 0.0113 e. The van der Waals surface area contributed by atoms with Crippen LogP contribution < -0.4 is 0 Å². The summed E-state index contributed by atoms with van der Waals surface area (Å²) in [5.74, 6) is 3.75. The molecule has 28 heavy (non-hydrogen) atoms. The van der Waals surface area contributed by atoms with Crippen LogP contribution in [-0.2, 0) is 0 Å². The number of likely N-dealkylation sites (tertiary alicyclic amines) is 1. The average molecular weight is 392 g/mol. The van der Waals surface area contributed by atoms with Crippen molar-refractivity contribution in [1.29, 1.82) is 0 Å². The molecule has 0 aromatic carbocycles. The Hall–Kier alpha value is -0.120. The number of piperazine rings is 1. The van der Waals surface area contributed by atoms with E-state index in [4.69, 9.17) is 0 Å². The van der Waals surface area contributed by atoms with E-state index in [1.807, 2.05) is 0 Å². The highest BCUT2D eigenvalue weighted by Crippen LogP contribution is 2.35. The average Bonchev–Trinajstić information content (AvgIpc) is 2.72. The van der Waals surface area contributed by atoms with Crippen molar-refractivity contribution in [3.05, 3.63) is 0 Å². The quantitative estimate of drug-likeness (QED) is 0.607. The van der Waals surface area contributed by atoms with Gasteiger partial charge in [-0.2, -0.15) is 0 Å². The maximum Gasteiger partial charge on any atom is 0.0113 e. The van der Waals surface area contributed by atoms with Gasteiger partial charge >= 0.3 is 0 Å². The second-order valence-electron chi connectivity index (χ2n) is 10.9. The van der Waals surface area contributed by atoms with Crippen molar-refractivity contribution in [1.82, 2.24) is 14.7 Å². The van der Waals surface area contributed by atoms with E-state index in [0.29, 0.717) is 0 Å². The summed E-state index contributed by atoms with van der Waals surface area (Å²) < 4.78 is 0. The lowest BCUT2D eigenvalue weighted by Crippen LogP contribution is -2.50. The largest absolute Gasteiger partial charge is 0.304 e. The fourth-order valence-corrected chi connectivity index (χ4v) is 6.17. The fourth-order valence-electron chi connectivity index (χ4n) is 6.17. The van der Waals surface area contributed by atoms with Gasteiger partial charge in [-0.1, -0.05) is 20.8 Å². The van der Waals surface area contributed by atoms with Crippen molar-refractivity contribution in [3.63, 3.8) is 0 Å². The summed E-state index contributed by atoms with van der Waals surface area (Å²) in [6, 6.07) is 1.68. The molecule has 3 aliphatic rings. The predicted octanol–water partition coefficient (Wildman–Crippen LogP) is 4.97. The van der Waals surface area contributed by atoms with Gasteiger partial charge in [0.05, 0.1) is 0 Å². The molecule has 2 saturated heterocycles. The minimum atomic E-state index is 0.789. The van der Waals surface area contributed by atoms with Crippen LogP contribution in [0.25, 0.3) is 0 Å². The van der Waals surface area contributed by atoms with Gasteiger partial charge < -0.3 is 9.80 Å². The zero-order valence-corrected chi connectivity index (χ0v) is 19.7. The molecule has 0 aromatic rings. The SMILES string of the molecule is CC(C)C1CCN(C(C)CCC(C)C2CCC(N3CCN(C)CC3)CC2)CC1. The molecular formula is C25H49N3. The van der Waals surface area contributed by atoms with Crippen molar-refractivity contribution < 1.29 is 0 Å². The Kier molecular flexibility index (Phi) is 8.68. The van der Waals surface area contributed by atoms with Gasteiger partial charge in [0.2, 0.25) is 0 Å². The predicted molar refractivity (Wildman–Crippen MR) is 122 cm³/mol. The molecule has 0 radical (unpaired) electrons. The van der Waals surface area contributed by atoms with Crippen molar-refractivity contribution >= 4 is 0 Å². The lowest BCUT2D eigenvalue weighted by atomic mass is 9.76. The Balaban J connectivity index is 1.33. The van der Waals surface area contributed by atoms with Crippen molar-refractivity contribution in [2.24, 2.45) is 23.7 Å². The molecule has 164 valence electrons. The van der Waals surface area contributed by atoms with Crippen LogP contribution in [0.1, 0.15) is 79.1 Å². The van der Waals surface area contributed by atoms with Crippen LogP contribution >= 0.6 is 0 Å². The van der Waals surface area contributed by atoms with E-state index in [9.17, 15) is 0 Å². The van der Waals surface area contributed by atoms with E-state index in [0.717, 1.165) is 35.8 Å². The van der Waals surface area contributed by atoms with Crippen LogP contribution in [0, 0.1) is 23.7 Å². The zero-order valence-electron chi connectivity index (χ0n) is 19.7. The summed E-state index contributed by atoms with van der Waals surface area (Å²) >= 11 is 0. The molecular weight excluding hydrogens is 342 g/mol. The second-order valence-corrected chi connectivity index (χ2v) is 10.9. The Labute approximate surface area is 176 Å². The van der Waals surface area contributed by atoms with E-state index in [1.165, 1.54) is 90.6 Å². The van der Waals surface area contributed by atoms with Gasteiger partial charge in [-0.25, -0.2) is 0 Å². The van der Waals surface area contributed by atoms with Crippen LogP contribution in [-0.4, -0.2) is 73.1 Å². The Morgan fingerprint density at radius 3 is 1.86 bits per heavy atom. The van der Waals surface area contributed by atoms with Crippen LogP contribution in [0.2, 0.25) is 0 Å². The van der Waals surface area contributed by atoms with Crippen molar-refractivity contribution in [2.45, 2.75) is 91.1 Å². The monoisotopic (exact) mass is 391 g/mol. The molecule has 3 nitrogen and oxygen atoms in total. The minimum Gasteiger partial charge on any atom is -0.304 e. The highest BCUT2D eigenvalue weighted by Gasteiger charge is 2.30. The third-order valence-corrected chi connectivity index (χ3v) is 8.78. The number of rotatable bonds is 7. The fraction of sp³-hybridized carbons (Fsp3) is 1.00. The Morgan fingerprint density at radius 2 is 1.29 bits per heavy atom. The van der Waals surface area contributed by atoms with Gasteiger partial charge in [-0.15, -0.1) is 0 Å². The van der Waals surface area contributed by atoms with E-state index < -0.39 is 0 Å². The van der Waals surface area contributed by atoms with Crippen LogP contribution in [0.15, 0.2) is 0 Å². The molecule has 2 aliphatic heterocycles. The highest BCUT2D eigenvalue weighted by atomic mass is 15.3. The first kappa shape index (κ1) is 22.6. The highest BCUT2D eigenvalue weighted by molar-refractivity contribution is 4.85. The number of nitrogens with zero attached hydrogens (tertiary/aromatic N) is 3. The molecule has 2 heterocycles. The number of likely N-dealkylation sites (N-methyl/N-ethyl adjacent to an activating group) is 1. The van der Waals surface area contributed by atoms with E-state index in [-0.39, 0.29) is 0 Å². The first-order valence-corrected chi connectivity index (χ1v) is 12.6. The van der Waals surface area contributed by atoms with Gasteiger partial charge in [0.1, 0.15) is 0 Å². The van der Waals surface area contributed by atoms with Gasteiger partial charge in [0.25, 0.3) is 0 Å². The molecule has 0 N–H and O–H groups in total. The first-order valence-electron chi connectivity index (χ1n) is 12.6. The molecule has 3 heteroatoms. The molecule has 1 saturated carbocycles. The van der Waals surface area contributed by atoms with E-state index in [2.05, 4.69) is 49.4 Å². The maximum atomic E-state index is 2.80. The third-order valence-electron chi connectivity index (χ3n) is 8.78. The molecule has 3 rings (SSSR count). The summed E-state index contributed by atoms with van der Waals surface area (Å²) in [5.41, 5.74) is 0. The lowest BCUT2D eigenvalue weighted by Gasteiger charge is -2.42. The number of piperidine rings is 1. The zero-order chi connectivity index (χ0) is 20.1. The van der Waals surface area contributed by atoms with E-state index >= 15 is 0 Å². The molecule has 3 fully saturated rings. The Bertz CT molecular complexity index is 427. The number of hydrogen-bond acceptors (Lipinski definition) is 3. The minimum absolute atomic E-state index is 0.789. The van der Waals surface area contributed by atoms with Gasteiger partial charge in [-0.3, -0.25) is 4.90 Å². The van der Waals surface area contributed by atoms with Crippen LogP contribution in [0.3, 0.4) is 0 Å². The van der Waals surface area contributed by atoms with Crippen molar-refractivity contribution in [3.8, 4) is 0 Å². The molecule has 0 bridgehead atoms. The normalized spacial score (nSPS) is 31.9. The van der Waals surface area contributed by atoms with Crippen molar-refractivity contribution in [2.75, 3.05) is 46.3 Å². The lowest BCUT2D eigenvalue weighted by molar-refractivity contribution is 0.0706.